The molecule has 2 aliphatic heterocycles. The lowest BCUT2D eigenvalue weighted by atomic mass is 9.77. The first-order valence-corrected chi connectivity index (χ1v) is 11.2. The third-order valence-electron chi connectivity index (χ3n) is 6.97. The zero-order valence-corrected chi connectivity index (χ0v) is 18.0. The summed E-state index contributed by atoms with van der Waals surface area (Å²) in [5.41, 5.74) is 0.195. The van der Waals surface area contributed by atoms with E-state index in [9.17, 15) is 13.2 Å². The van der Waals surface area contributed by atoms with Crippen LogP contribution in [0.25, 0.3) is 0 Å². The van der Waals surface area contributed by atoms with E-state index in [1.165, 1.54) is 0 Å². The lowest BCUT2D eigenvalue weighted by molar-refractivity contribution is -0.185. The molecule has 3 aliphatic rings. The van der Waals surface area contributed by atoms with Crippen molar-refractivity contribution in [2.75, 3.05) is 19.8 Å². The lowest BCUT2D eigenvalue weighted by Crippen LogP contribution is -2.69. The maximum absolute atomic E-state index is 15.4. The molecule has 3 fully saturated rings. The summed E-state index contributed by atoms with van der Waals surface area (Å²) in [5, 5.41) is 9.77. The molecule has 29 heavy (non-hydrogen) atoms. The molecular formula is C21H38F4N4. The van der Waals surface area contributed by atoms with Gasteiger partial charge in [-0.25, -0.2) is 4.39 Å². The van der Waals surface area contributed by atoms with Gasteiger partial charge in [-0.05, 0) is 62.8 Å². The molecule has 3 N–H and O–H groups in total. The smallest absolute Gasteiger partial charge is 0.299 e. The van der Waals surface area contributed by atoms with E-state index in [1.54, 1.807) is 0 Å². The van der Waals surface area contributed by atoms with Gasteiger partial charge in [-0.3, -0.25) is 20.9 Å². The molecule has 2 saturated heterocycles. The van der Waals surface area contributed by atoms with Crippen molar-refractivity contribution < 1.29 is 17.6 Å². The van der Waals surface area contributed by atoms with E-state index in [2.05, 4.69) is 41.6 Å². The second-order valence-corrected chi connectivity index (χ2v) is 10.3. The van der Waals surface area contributed by atoms with Crippen LogP contribution >= 0.6 is 0 Å². The average molecular weight is 423 g/mol. The van der Waals surface area contributed by atoms with Gasteiger partial charge in [0.05, 0.1) is 18.2 Å². The molecule has 0 aromatic heterocycles. The van der Waals surface area contributed by atoms with Crippen LogP contribution in [0.2, 0.25) is 0 Å². The van der Waals surface area contributed by atoms with Gasteiger partial charge in [0.15, 0.2) is 6.17 Å². The first-order valence-electron chi connectivity index (χ1n) is 11.2. The van der Waals surface area contributed by atoms with E-state index in [1.807, 2.05) is 0 Å². The minimum Gasteiger partial charge on any atom is -0.299 e. The predicted molar refractivity (Wildman–Crippen MR) is 107 cm³/mol. The van der Waals surface area contributed by atoms with Gasteiger partial charge in [0.25, 0.3) is 0 Å². The third-order valence-corrected chi connectivity index (χ3v) is 6.97. The van der Waals surface area contributed by atoms with Crippen LogP contribution in [-0.2, 0) is 0 Å². The Hall–Kier alpha value is -0.440. The van der Waals surface area contributed by atoms with Gasteiger partial charge in [0, 0.05) is 19.3 Å². The normalized spacial score (nSPS) is 37.8. The van der Waals surface area contributed by atoms with E-state index in [-0.39, 0.29) is 36.4 Å². The minimum absolute atomic E-state index is 0.188. The van der Waals surface area contributed by atoms with Gasteiger partial charge < -0.3 is 0 Å². The Morgan fingerprint density at radius 3 is 2.31 bits per heavy atom. The van der Waals surface area contributed by atoms with Gasteiger partial charge in [-0.2, -0.15) is 13.2 Å². The summed E-state index contributed by atoms with van der Waals surface area (Å²) < 4.78 is 54.4. The van der Waals surface area contributed by atoms with Crippen molar-refractivity contribution >= 4 is 0 Å². The molecule has 1 saturated carbocycles. The Kier molecular flexibility index (Phi) is 7.50. The maximum Gasteiger partial charge on any atom is 0.391 e. The zero-order valence-electron chi connectivity index (χ0n) is 18.0. The molecule has 0 radical (unpaired) electrons. The highest BCUT2D eigenvalue weighted by atomic mass is 19.4. The van der Waals surface area contributed by atoms with Gasteiger partial charge in [-0.15, -0.1) is 0 Å². The second kappa shape index (κ2) is 9.37. The highest BCUT2D eigenvalue weighted by Gasteiger charge is 2.46. The van der Waals surface area contributed by atoms with Crippen molar-refractivity contribution in [1.82, 2.24) is 20.9 Å². The van der Waals surface area contributed by atoms with Crippen LogP contribution in [0, 0.1) is 17.3 Å². The molecule has 4 unspecified atom stereocenters. The summed E-state index contributed by atoms with van der Waals surface area (Å²) in [5.74, 6) is -0.914. The molecule has 3 rings (SSSR count). The monoisotopic (exact) mass is 422 g/mol. The largest absolute Gasteiger partial charge is 0.391 e. The van der Waals surface area contributed by atoms with E-state index in [0.29, 0.717) is 19.5 Å². The molecule has 8 heteroatoms. The van der Waals surface area contributed by atoms with Gasteiger partial charge in [0.2, 0.25) is 0 Å². The highest BCUT2D eigenvalue weighted by molar-refractivity contribution is 4.97. The van der Waals surface area contributed by atoms with Crippen LogP contribution < -0.4 is 16.0 Å². The number of nitrogens with one attached hydrogen (secondary N) is 3. The van der Waals surface area contributed by atoms with Crippen LogP contribution in [0.15, 0.2) is 0 Å². The molecule has 0 aromatic rings. The van der Waals surface area contributed by atoms with E-state index >= 15 is 4.39 Å². The lowest BCUT2D eigenvalue weighted by Gasteiger charge is -2.45. The van der Waals surface area contributed by atoms with Crippen LogP contribution in [0.1, 0.15) is 65.7 Å². The molecule has 2 heterocycles. The number of halogens is 4. The van der Waals surface area contributed by atoms with Crippen LogP contribution in [0.4, 0.5) is 17.6 Å². The first-order chi connectivity index (χ1) is 13.6. The van der Waals surface area contributed by atoms with Crippen LogP contribution in [-0.4, -0.2) is 55.4 Å². The molecule has 1 aliphatic carbocycles. The average Bonchev–Trinajstić information content (AvgIpc) is 3.11. The van der Waals surface area contributed by atoms with Gasteiger partial charge in [0.1, 0.15) is 0 Å². The quantitative estimate of drug-likeness (QED) is 0.586. The van der Waals surface area contributed by atoms with Crippen LogP contribution in [0.5, 0.6) is 0 Å². The maximum atomic E-state index is 15.4. The van der Waals surface area contributed by atoms with Crippen molar-refractivity contribution in [1.29, 1.82) is 0 Å². The second-order valence-electron chi connectivity index (χ2n) is 10.3. The fourth-order valence-corrected chi connectivity index (χ4v) is 5.27. The van der Waals surface area contributed by atoms with E-state index in [4.69, 9.17) is 0 Å². The standard InChI is InChI=1S/C21H38F4N4/c1-20(2,3)10-11-26-18-17(22)19(28-13-27-18)29-12-4-5-16(29)14-6-8-15(9-7-14)21(23,24)25/h14-19,26-28H,4-13H2,1-3H3. The molecule has 4 nitrogen and oxygen atoms in total. The van der Waals surface area contributed by atoms with Gasteiger partial charge >= 0.3 is 6.18 Å². The summed E-state index contributed by atoms with van der Waals surface area (Å²) in [6.07, 6.45) is -1.41. The van der Waals surface area contributed by atoms with Crippen molar-refractivity contribution in [3.63, 3.8) is 0 Å². The van der Waals surface area contributed by atoms with Gasteiger partial charge in [-0.1, -0.05) is 20.8 Å². The van der Waals surface area contributed by atoms with Crippen molar-refractivity contribution in [2.45, 2.75) is 96.4 Å². The molecular weight excluding hydrogens is 384 g/mol. The Morgan fingerprint density at radius 2 is 1.69 bits per heavy atom. The Morgan fingerprint density at radius 1 is 1.00 bits per heavy atom. The van der Waals surface area contributed by atoms with Crippen molar-refractivity contribution in [2.24, 2.45) is 17.3 Å². The summed E-state index contributed by atoms with van der Waals surface area (Å²) >= 11 is 0. The van der Waals surface area contributed by atoms with Crippen molar-refractivity contribution in [3.8, 4) is 0 Å². The first kappa shape index (κ1) is 23.2. The number of rotatable bonds is 5. The minimum atomic E-state index is -4.08. The number of nitrogens with zero attached hydrogens (tertiary/aromatic N) is 1. The fourth-order valence-electron chi connectivity index (χ4n) is 5.27. The fraction of sp³-hybridized carbons (Fsp3) is 1.00. The SMILES string of the molecule is CC(C)(C)CCNC1NCNC(N2CCCC2C2CCC(C(F)(F)F)CC2)C1F. The Labute approximate surface area is 172 Å². The summed E-state index contributed by atoms with van der Waals surface area (Å²) in [4.78, 5) is 2.21. The molecule has 0 amide bonds. The number of alkyl halides is 4. The predicted octanol–water partition coefficient (Wildman–Crippen LogP) is 3.99. The number of hydrogen-bond acceptors (Lipinski definition) is 4. The summed E-state index contributed by atoms with van der Waals surface area (Å²) in [6.45, 7) is 8.60. The van der Waals surface area contributed by atoms with Crippen molar-refractivity contribution in [3.05, 3.63) is 0 Å². The number of likely N-dealkylation sites (tertiary alicyclic amines) is 1. The highest BCUT2D eigenvalue weighted by Crippen LogP contribution is 2.43. The summed E-state index contributed by atoms with van der Waals surface area (Å²) in [7, 11) is 0. The molecule has 4 atom stereocenters. The molecule has 0 bridgehead atoms. The topological polar surface area (TPSA) is 39.3 Å². The Balaban J connectivity index is 1.56. The van der Waals surface area contributed by atoms with E-state index < -0.39 is 24.4 Å². The summed E-state index contributed by atoms with van der Waals surface area (Å²) in [6, 6.07) is 0.188. The van der Waals surface area contributed by atoms with E-state index in [0.717, 1.165) is 32.4 Å². The van der Waals surface area contributed by atoms with Crippen LogP contribution in [0.3, 0.4) is 0 Å². The molecule has 0 spiro atoms. The Bertz CT molecular complexity index is 514. The third kappa shape index (κ3) is 6.05. The number of hydrogen-bond donors (Lipinski definition) is 3. The molecule has 170 valence electrons. The zero-order chi connectivity index (χ0) is 21.2. The molecule has 0 aromatic carbocycles.